The Morgan fingerprint density at radius 1 is 1.08 bits per heavy atom. The quantitative estimate of drug-likeness (QED) is 0.793. The highest BCUT2D eigenvalue weighted by Crippen LogP contribution is 2.26. The van der Waals surface area contributed by atoms with Gasteiger partial charge in [0, 0.05) is 23.8 Å². The molecule has 1 saturated heterocycles. The van der Waals surface area contributed by atoms with E-state index in [9.17, 15) is 14.7 Å². The third-order valence-corrected chi connectivity index (χ3v) is 4.96. The molecule has 2 aliphatic rings. The average molecular weight is 331 g/mol. The molecule has 0 unspecified atom stereocenters. The Kier molecular flexibility index (Phi) is 5.35. The fraction of sp³-hybridized carbons (Fsp3) is 0.556. The van der Waals surface area contributed by atoms with Crippen LogP contribution in [0, 0.1) is 5.92 Å². The van der Waals surface area contributed by atoms with E-state index in [0.29, 0.717) is 17.9 Å². The van der Waals surface area contributed by atoms with Crippen molar-refractivity contribution in [3.05, 3.63) is 24.3 Å². The van der Waals surface area contributed by atoms with Gasteiger partial charge >= 0.3 is 6.03 Å². The number of benzene rings is 1. The summed E-state index contributed by atoms with van der Waals surface area (Å²) in [7, 11) is 0. The zero-order chi connectivity index (χ0) is 16.9. The lowest BCUT2D eigenvalue weighted by molar-refractivity contribution is -0.119. The molecule has 0 spiro atoms. The van der Waals surface area contributed by atoms with E-state index in [0.717, 1.165) is 38.5 Å². The summed E-state index contributed by atoms with van der Waals surface area (Å²) in [6.07, 6.45) is 5.91. The number of rotatable bonds is 4. The molecule has 6 nitrogen and oxygen atoms in total. The number of anilines is 2. The third-order valence-electron chi connectivity index (χ3n) is 4.96. The van der Waals surface area contributed by atoms with Crippen LogP contribution in [0.15, 0.2) is 24.3 Å². The van der Waals surface area contributed by atoms with Crippen LogP contribution in [0.1, 0.15) is 38.5 Å². The first kappa shape index (κ1) is 16.8. The number of nitrogens with one attached hydrogen (secondary N) is 2. The zero-order valence-electron chi connectivity index (χ0n) is 13.8. The summed E-state index contributed by atoms with van der Waals surface area (Å²) in [5, 5.41) is 15.1. The van der Waals surface area contributed by atoms with E-state index in [2.05, 4.69) is 10.6 Å². The lowest BCUT2D eigenvalue weighted by Gasteiger charge is -2.23. The van der Waals surface area contributed by atoms with Crippen LogP contribution in [-0.2, 0) is 4.79 Å². The predicted molar refractivity (Wildman–Crippen MR) is 92.9 cm³/mol. The van der Waals surface area contributed by atoms with Crippen LogP contribution in [0.5, 0.6) is 0 Å². The molecule has 1 aromatic carbocycles. The van der Waals surface area contributed by atoms with Crippen LogP contribution in [0.2, 0.25) is 0 Å². The lowest BCUT2D eigenvalue weighted by Crippen LogP contribution is -2.40. The lowest BCUT2D eigenvalue weighted by atomic mass is 10.1. The van der Waals surface area contributed by atoms with E-state index in [1.54, 1.807) is 17.0 Å². The highest BCUT2D eigenvalue weighted by atomic mass is 16.3. The van der Waals surface area contributed by atoms with Gasteiger partial charge in [0.25, 0.3) is 0 Å². The van der Waals surface area contributed by atoms with Gasteiger partial charge < -0.3 is 20.6 Å². The van der Waals surface area contributed by atoms with Crippen molar-refractivity contribution in [3.8, 4) is 0 Å². The number of nitrogens with zero attached hydrogens (tertiary/aromatic N) is 1. The molecule has 0 bridgehead atoms. The highest BCUT2D eigenvalue weighted by Gasteiger charge is 2.28. The van der Waals surface area contributed by atoms with Crippen LogP contribution in [0.4, 0.5) is 16.2 Å². The van der Waals surface area contributed by atoms with Gasteiger partial charge in [0.05, 0.1) is 12.6 Å². The van der Waals surface area contributed by atoms with Gasteiger partial charge in [-0.2, -0.15) is 0 Å². The van der Waals surface area contributed by atoms with Crippen LogP contribution in [-0.4, -0.2) is 41.1 Å². The largest absolute Gasteiger partial charge is 0.394 e. The van der Waals surface area contributed by atoms with E-state index in [1.165, 1.54) is 0 Å². The van der Waals surface area contributed by atoms with Crippen molar-refractivity contribution in [3.63, 3.8) is 0 Å². The Morgan fingerprint density at radius 2 is 1.79 bits per heavy atom. The van der Waals surface area contributed by atoms with Gasteiger partial charge in [-0.25, -0.2) is 4.79 Å². The van der Waals surface area contributed by atoms with Gasteiger partial charge in [0.1, 0.15) is 0 Å². The summed E-state index contributed by atoms with van der Waals surface area (Å²) in [6.45, 7) is 0.653. The molecule has 1 heterocycles. The molecular weight excluding hydrogens is 306 g/mol. The maximum Gasteiger partial charge on any atom is 0.322 e. The first-order chi connectivity index (χ1) is 11.7. The molecule has 24 heavy (non-hydrogen) atoms. The number of aliphatic hydroxyl groups is 1. The van der Waals surface area contributed by atoms with E-state index in [4.69, 9.17) is 0 Å². The summed E-state index contributed by atoms with van der Waals surface area (Å²) in [5.74, 6) is 0.175. The van der Waals surface area contributed by atoms with Gasteiger partial charge in [-0.05, 0) is 43.9 Å². The molecule has 1 atom stereocenters. The average Bonchev–Trinajstić information content (AvgIpc) is 3.26. The van der Waals surface area contributed by atoms with Crippen molar-refractivity contribution in [2.75, 3.05) is 23.8 Å². The van der Waals surface area contributed by atoms with Crippen LogP contribution in [0.3, 0.4) is 0 Å². The third kappa shape index (κ3) is 3.87. The first-order valence-electron chi connectivity index (χ1n) is 8.77. The zero-order valence-corrected chi connectivity index (χ0v) is 13.8. The molecule has 0 aromatic heterocycles. The number of aliphatic hydroxyl groups excluding tert-OH is 1. The van der Waals surface area contributed by atoms with Crippen molar-refractivity contribution >= 4 is 23.3 Å². The second-order valence-electron chi connectivity index (χ2n) is 6.65. The SMILES string of the molecule is O=C(Nc1cccc(NC(=O)N2CCC[C@H]2CO)c1)C1CCCC1. The summed E-state index contributed by atoms with van der Waals surface area (Å²) in [5.41, 5.74) is 1.35. The molecule has 2 fully saturated rings. The van der Waals surface area contributed by atoms with Gasteiger partial charge in [-0.3, -0.25) is 4.79 Å². The molecule has 1 saturated carbocycles. The first-order valence-corrected chi connectivity index (χ1v) is 8.77. The molecule has 3 rings (SSSR count). The standard InChI is InChI=1S/C18H25N3O3/c22-12-16-9-4-10-21(16)18(24)20-15-8-3-7-14(11-15)19-17(23)13-5-1-2-6-13/h3,7-8,11,13,16,22H,1-2,4-6,9-10,12H2,(H,19,23)(H,20,24)/t16-/m0/s1. The number of hydrogen-bond donors (Lipinski definition) is 3. The number of amides is 3. The number of likely N-dealkylation sites (tertiary alicyclic amines) is 1. The van der Waals surface area contributed by atoms with Crippen molar-refractivity contribution in [2.24, 2.45) is 5.92 Å². The second kappa shape index (κ2) is 7.66. The van der Waals surface area contributed by atoms with E-state index >= 15 is 0 Å². The van der Waals surface area contributed by atoms with E-state index in [1.807, 2.05) is 12.1 Å². The van der Waals surface area contributed by atoms with Crippen LogP contribution < -0.4 is 10.6 Å². The smallest absolute Gasteiger partial charge is 0.322 e. The van der Waals surface area contributed by atoms with Crippen molar-refractivity contribution in [1.29, 1.82) is 0 Å². The van der Waals surface area contributed by atoms with Gasteiger partial charge in [0.15, 0.2) is 0 Å². The fourth-order valence-corrected chi connectivity index (χ4v) is 3.60. The van der Waals surface area contributed by atoms with Gasteiger partial charge in [0.2, 0.25) is 5.91 Å². The molecule has 130 valence electrons. The van der Waals surface area contributed by atoms with Crippen molar-refractivity contribution < 1.29 is 14.7 Å². The van der Waals surface area contributed by atoms with Crippen molar-refractivity contribution in [1.82, 2.24) is 4.90 Å². The highest BCUT2D eigenvalue weighted by molar-refractivity contribution is 5.94. The fourth-order valence-electron chi connectivity index (χ4n) is 3.60. The monoisotopic (exact) mass is 331 g/mol. The van der Waals surface area contributed by atoms with E-state index in [-0.39, 0.29) is 30.5 Å². The normalized spacial score (nSPS) is 21.0. The maximum absolute atomic E-state index is 12.3. The Morgan fingerprint density at radius 3 is 2.50 bits per heavy atom. The molecule has 3 N–H and O–H groups in total. The van der Waals surface area contributed by atoms with Gasteiger partial charge in [-0.1, -0.05) is 18.9 Å². The number of carbonyl (C=O) groups excluding carboxylic acids is 2. The summed E-state index contributed by atoms with van der Waals surface area (Å²) < 4.78 is 0. The number of urea groups is 1. The van der Waals surface area contributed by atoms with Crippen LogP contribution >= 0.6 is 0 Å². The molecular formula is C18H25N3O3. The molecule has 1 aliphatic carbocycles. The Balaban J connectivity index is 1.60. The van der Waals surface area contributed by atoms with E-state index < -0.39 is 0 Å². The Bertz CT molecular complexity index is 599. The Labute approximate surface area is 142 Å². The van der Waals surface area contributed by atoms with Gasteiger partial charge in [-0.15, -0.1) is 0 Å². The summed E-state index contributed by atoms with van der Waals surface area (Å²) >= 11 is 0. The second-order valence-corrected chi connectivity index (χ2v) is 6.65. The topological polar surface area (TPSA) is 81.7 Å². The molecule has 1 aliphatic heterocycles. The number of carbonyl (C=O) groups is 2. The predicted octanol–water partition coefficient (Wildman–Crippen LogP) is 2.80. The van der Waals surface area contributed by atoms with Crippen molar-refractivity contribution in [2.45, 2.75) is 44.6 Å². The minimum Gasteiger partial charge on any atom is -0.394 e. The number of hydrogen-bond acceptors (Lipinski definition) is 3. The summed E-state index contributed by atoms with van der Waals surface area (Å²) in [6, 6.07) is 6.91. The minimum absolute atomic E-state index is 0.00902. The van der Waals surface area contributed by atoms with Crippen LogP contribution in [0.25, 0.3) is 0 Å². The Hall–Kier alpha value is -2.08. The minimum atomic E-state index is -0.203. The molecule has 1 aromatic rings. The summed E-state index contributed by atoms with van der Waals surface area (Å²) in [4.78, 5) is 26.2. The molecule has 3 amide bonds. The maximum atomic E-state index is 12.3. The molecule has 0 radical (unpaired) electrons. The molecule has 6 heteroatoms.